The minimum atomic E-state index is -0.524. The Morgan fingerprint density at radius 2 is 1.95 bits per heavy atom. The third-order valence-electron chi connectivity index (χ3n) is 10.00. The van der Waals surface area contributed by atoms with Crippen LogP contribution in [-0.4, -0.2) is 39.5 Å². The average molecular weight is 541 g/mol. The largest absolute Gasteiger partial charge is 0.392 e. The fraction of sp³-hybridized carbons (Fsp3) is 0.452. The zero-order valence-electron chi connectivity index (χ0n) is 22.2. The smallest absolute Gasteiger partial charge is 0.320 e. The van der Waals surface area contributed by atoms with Crippen LogP contribution in [0.1, 0.15) is 55.7 Å². The third-order valence-corrected chi connectivity index (χ3v) is 10.00. The first-order chi connectivity index (χ1) is 19.4. The van der Waals surface area contributed by atoms with Gasteiger partial charge in [-0.1, -0.05) is 12.1 Å². The molecule has 0 radical (unpaired) electrons. The van der Waals surface area contributed by atoms with Gasteiger partial charge in [0.25, 0.3) is 0 Å². The minimum Gasteiger partial charge on any atom is -0.392 e. The lowest BCUT2D eigenvalue weighted by Gasteiger charge is -2.61. The summed E-state index contributed by atoms with van der Waals surface area (Å²) in [6.07, 6.45) is 8.72. The molecule has 8 rings (SSSR count). The predicted molar refractivity (Wildman–Crippen MR) is 147 cm³/mol. The first-order valence-electron chi connectivity index (χ1n) is 14.2. The van der Waals surface area contributed by atoms with Crippen molar-refractivity contribution in [3.05, 3.63) is 71.9 Å². The summed E-state index contributed by atoms with van der Waals surface area (Å²) in [5, 5.41) is 30.0. The molecule has 4 aliphatic carbocycles. The summed E-state index contributed by atoms with van der Waals surface area (Å²) in [7, 11) is 0. The van der Waals surface area contributed by atoms with Gasteiger partial charge in [0.2, 0.25) is 0 Å². The second-order valence-electron chi connectivity index (χ2n) is 12.2. The summed E-state index contributed by atoms with van der Waals surface area (Å²) >= 11 is 0. The fourth-order valence-corrected chi connectivity index (χ4v) is 8.57. The van der Waals surface area contributed by atoms with E-state index in [-0.39, 0.29) is 23.3 Å². The van der Waals surface area contributed by atoms with E-state index in [2.05, 4.69) is 27.0 Å². The summed E-state index contributed by atoms with van der Waals surface area (Å²) in [5.74, 6) is 1.28. The van der Waals surface area contributed by atoms with E-state index in [1.807, 2.05) is 10.6 Å². The first kappa shape index (κ1) is 25.2. The van der Waals surface area contributed by atoms with Crippen molar-refractivity contribution in [3.8, 4) is 17.3 Å². The van der Waals surface area contributed by atoms with Crippen LogP contribution in [0.3, 0.4) is 0 Å². The van der Waals surface area contributed by atoms with Crippen molar-refractivity contribution in [1.82, 2.24) is 20.2 Å². The molecule has 9 heteroatoms. The number of nitrogens with one attached hydrogen (secondary N) is 3. The Morgan fingerprint density at radius 3 is 2.70 bits per heavy atom. The van der Waals surface area contributed by atoms with Gasteiger partial charge in [0, 0.05) is 22.9 Å². The van der Waals surface area contributed by atoms with Gasteiger partial charge in [0.05, 0.1) is 48.7 Å². The molecule has 4 N–H and O–H groups in total. The van der Waals surface area contributed by atoms with Crippen LogP contribution in [0.15, 0.2) is 55.0 Å². The molecule has 4 fully saturated rings. The van der Waals surface area contributed by atoms with Gasteiger partial charge in [0.1, 0.15) is 5.82 Å². The van der Waals surface area contributed by atoms with Gasteiger partial charge in [-0.2, -0.15) is 5.26 Å². The van der Waals surface area contributed by atoms with Crippen LogP contribution in [0, 0.1) is 40.3 Å². The molecule has 0 spiro atoms. The van der Waals surface area contributed by atoms with E-state index < -0.39 is 6.10 Å². The number of rotatable bonds is 7. The molecule has 4 atom stereocenters. The number of carbonyl (C=O) groups excluding carboxylic acids is 1. The average Bonchev–Trinajstić information content (AvgIpc) is 3.53. The molecule has 4 bridgehead atoms. The normalized spacial score (nSPS) is 29.9. The second-order valence-corrected chi connectivity index (χ2v) is 12.2. The molecule has 5 aliphatic rings. The number of imidazole rings is 1. The summed E-state index contributed by atoms with van der Waals surface area (Å²) in [6, 6.07) is 13.8. The highest BCUT2D eigenvalue weighted by Crippen LogP contribution is 2.62. The number of aliphatic hydroxyl groups excluding tert-OH is 1. The van der Waals surface area contributed by atoms with Gasteiger partial charge in [0.15, 0.2) is 0 Å². The summed E-state index contributed by atoms with van der Waals surface area (Å²) in [4.78, 5) is 16.7. The maximum absolute atomic E-state index is 15.0. The van der Waals surface area contributed by atoms with Gasteiger partial charge in [-0.3, -0.25) is 5.32 Å². The number of fused-ring (bicyclic) bond motifs is 3. The predicted octanol–water partition coefficient (Wildman–Crippen LogP) is 4.78. The lowest BCUT2D eigenvalue weighted by Crippen LogP contribution is -2.62. The Balaban J connectivity index is 0.994. The number of nitriles is 1. The van der Waals surface area contributed by atoms with Crippen LogP contribution >= 0.6 is 0 Å². The molecule has 4 saturated carbocycles. The Kier molecular flexibility index (Phi) is 6.13. The van der Waals surface area contributed by atoms with E-state index in [9.17, 15) is 9.90 Å². The topological polar surface area (TPSA) is 115 Å². The highest BCUT2D eigenvalue weighted by molar-refractivity contribution is 5.89. The number of carbonyl (C=O) groups is 1. The molecular weight excluding hydrogens is 507 g/mol. The van der Waals surface area contributed by atoms with Crippen LogP contribution in [0.2, 0.25) is 0 Å². The Morgan fingerprint density at radius 1 is 1.18 bits per heavy atom. The monoisotopic (exact) mass is 540 g/mol. The zero-order valence-corrected chi connectivity index (χ0v) is 22.2. The lowest BCUT2D eigenvalue weighted by atomic mass is 9.46. The Labute approximate surface area is 232 Å². The summed E-state index contributed by atoms with van der Waals surface area (Å²) in [5.41, 5.74) is 3.49. The van der Waals surface area contributed by atoms with Crippen LogP contribution in [-0.2, 0) is 0 Å². The van der Waals surface area contributed by atoms with Crippen LogP contribution < -0.4 is 16.0 Å². The van der Waals surface area contributed by atoms with E-state index in [0.717, 1.165) is 43.4 Å². The quantitative estimate of drug-likeness (QED) is 0.322. The molecule has 4 unspecified atom stereocenters. The van der Waals surface area contributed by atoms with Crippen LogP contribution in [0.4, 0.5) is 14.9 Å². The van der Waals surface area contributed by atoms with E-state index in [1.54, 1.807) is 42.9 Å². The van der Waals surface area contributed by atoms with Gasteiger partial charge in [-0.25, -0.2) is 14.2 Å². The fourth-order valence-electron chi connectivity index (χ4n) is 8.57. The molecule has 1 aromatic heterocycles. The van der Waals surface area contributed by atoms with E-state index in [1.165, 1.54) is 6.07 Å². The standard InChI is InChI=1S/C31H33FN6O2/c32-24-3-1-2-23-26-15-34-17-38(26)25(28(23)24)10-27(39)31-11-19-8-20(12-31)29(21(9-19)13-31)35-16-36-30(40)37-22-6-4-18(14-33)5-7-22/h1-7,15,17,19-21,25,27,29,35,39H,8-13,16H2,(H2,36,37,40). The number of hydrogen-bond donors (Lipinski definition) is 4. The molecule has 1 aliphatic heterocycles. The third kappa shape index (κ3) is 4.18. The second kappa shape index (κ2) is 9.72. The van der Waals surface area contributed by atoms with Crippen molar-refractivity contribution in [2.24, 2.45) is 23.2 Å². The van der Waals surface area contributed by atoms with Crippen LogP contribution in [0.5, 0.6) is 0 Å². The molecule has 40 heavy (non-hydrogen) atoms. The lowest BCUT2D eigenvalue weighted by molar-refractivity contribution is -0.137. The molecule has 3 aromatic rings. The van der Waals surface area contributed by atoms with Crippen molar-refractivity contribution >= 4 is 11.7 Å². The SMILES string of the molecule is N#Cc1ccc(NC(=O)NCNC2C3CC4CC2CC(C(O)CC2c5c(F)cccc5-c5cncn52)(C4)C3)cc1. The van der Waals surface area contributed by atoms with Gasteiger partial charge in [-0.05, 0) is 92.0 Å². The van der Waals surface area contributed by atoms with Crippen molar-refractivity contribution in [2.75, 3.05) is 12.0 Å². The van der Waals surface area contributed by atoms with E-state index in [4.69, 9.17) is 5.26 Å². The minimum absolute atomic E-state index is 0.149. The number of benzene rings is 2. The molecule has 0 saturated heterocycles. The summed E-state index contributed by atoms with van der Waals surface area (Å²) in [6.45, 7) is 0.363. The van der Waals surface area contributed by atoms with Crippen LogP contribution in [0.25, 0.3) is 11.3 Å². The molecular formula is C31H33FN6O2. The Hall–Kier alpha value is -3.74. The maximum Gasteiger partial charge on any atom is 0.320 e. The van der Waals surface area contributed by atoms with E-state index >= 15 is 4.39 Å². The van der Waals surface area contributed by atoms with Crippen molar-refractivity contribution in [3.63, 3.8) is 0 Å². The number of amides is 2. The van der Waals surface area contributed by atoms with E-state index in [0.29, 0.717) is 53.7 Å². The molecule has 206 valence electrons. The highest BCUT2D eigenvalue weighted by Gasteiger charge is 2.58. The number of aliphatic hydroxyl groups is 1. The zero-order chi connectivity index (χ0) is 27.4. The summed E-state index contributed by atoms with van der Waals surface area (Å²) < 4.78 is 17.0. The number of urea groups is 1. The molecule has 2 aromatic carbocycles. The van der Waals surface area contributed by atoms with Gasteiger partial charge in [-0.15, -0.1) is 0 Å². The Bertz CT molecular complexity index is 1460. The van der Waals surface area contributed by atoms with Crippen molar-refractivity contribution in [2.45, 2.75) is 56.7 Å². The molecule has 8 nitrogen and oxygen atoms in total. The van der Waals surface area contributed by atoms with Gasteiger partial charge < -0.3 is 20.3 Å². The molecule has 2 heterocycles. The number of nitrogens with zero attached hydrogens (tertiary/aromatic N) is 3. The number of halogens is 1. The molecule has 2 amide bonds. The number of hydrogen-bond acceptors (Lipinski definition) is 5. The maximum atomic E-state index is 15.0. The van der Waals surface area contributed by atoms with Crippen molar-refractivity contribution < 1.29 is 14.3 Å². The number of aromatic nitrogens is 2. The first-order valence-corrected chi connectivity index (χ1v) is 14.2. The van der Waals surface area contributed by atoms with Crippen molar-refractivity contribution in [1.29, 1.82) is 5.26 Å². The highest BCUT2D eigenvalue weighted by atomic mass is 19.1. The number of anilines is 1. The van der Waals surface area contributed by atoms with Gasteiger partial charge >= 0.3 is 6.03 Å².